The lowest BCUT2D eigenvalue weighted by molar-refractivity contribution is -0.138. The fourth-order valence-electron chi connectivity index (χ4n) is 5.12. The van der Waals surface area contributed by atoms with Gasteiger partial charge in [0.05, 0.1) is 6.10 Å². The Bertz CT molecular complexity index is 875. The van der Waals surface area contributed by atoms with Crippen molar-refractivity contribution >= 4 is 50.3 Å². The highest BCUT2D eigenvalue weighted by molar-refractivity contribution is 7.59. The van der Waals surface area contributed by atoms with Crippen molar-refractivity contribution in [3.63, 3.8) is 0 Å². The van der Waals surface area contributed by atoms with E-state index in [0.29, 0.717) is 24.9 Å². The number of benzene rings is 1. The third-order valence-corrected chi connectivity index (χ3v) is 7.02. The number of ketones is 1. The summed E-state index contributed by atoms with van der Waals surface area (Å²) in [7, 11) is 0. The first-order valence-corrected chi connectivity index (χ1v) is 12.2. The molecule has 0 unspecified atom stereocenters. The number of amides is 2. The summed E-state index contributed by atoms with van der Waals surface area (Å²) in [5.74, 6) is -0.275. The largest absolute Gasteiger partial charge is 0.369 e. The Morgan fingerprint density at radius 2 is 1.69 bits per heavy atom. The summed E-state index contributed by atoms with van der Waals surface area (Å²) in [6.07, 6.45) is 0.981. The zero-order chi connectivity index (χ0) is 23.5. The molecule has 10 heteroatoms. The van der Waals surface area contributed by atoms with E-state index < -0.39 is 12.1 Å². The molecule has 204 valence electrons. The van der Waals surface area contributed by atoms with E-state index in [0.717, 1.165) is 38.4 Å². The van der Waals surface area contributed by atoms with Crippen molar-refractivity contribution in [2.75, 3.05) is 50.8 Å². The van der Waals surface area contributed by atoms with Gasteiger partial charge in [0.25, 0.3) is 5.91 Å². The van der Waals surface area contributed by atoms with Gasteiger partial charge in [-0.25, -0.2) is 0 Å². The van der Waals surface area contributed by atoms with E-state index in [1.165, 1.54) is 0 Å². The number of rotatable bonds is 7. The first-order valence-electron chi connectivity index (χ1n) is 12.2. The maximum Gasteiger partial charge on any atom is 0.251 e. The van der Waals surface area contributed by atoms with Crippen LogP contribution in [-0.2, 0) is 14.3 Å². The zero-order valence-corrected chi connectivity index (χ0v) is 23.0. The fraction of sp³-hybridized carbons (Fsp3) is 0.654. The van der Waals surface area contributed by atoms with Crippen molar-refractivity contribution in [2.24, 2.45) is 5.92 Å². The lowest BCUT2D eigenvalue weighted by Gasteiger charge is -2.35. The molecule has 8 nitrogen and oxygen atoms in total. The zero-order valence-electron chi connectivity index (χ0n) is 21.0. The smallest absolute Gasteiger partial charge is 0.251 e. The Balaban J connectivity index is 0.00000216. The van der Waals surface area contributed by atoms with Crippen LogP contribution >= 0.6 is 27.0 Å². The average molecular weight is 541 g/mol. The second-order valence-electron chi connectivity index (χ2n) is 9.70. The topological polar surface area (TPSA) is 82.2 Å². The van der Waals surface area contributed by atoms with Crippen molar-refractivity contribution in [2.45, 2.75) is 59.2 Å². The van der Waals surface area contributed by atoms with Crippen LogP contribution < -0.4 is 10.2 Å². The van der Waals surface area contributed by atoms with E-state index in [-0.39, 0.29) is 70.6 Å². The Morgan fingerprint density at radius 1 is 1.06 bits per heavy atom. The van der Waals surface area contributed by atoms with Crippen LogP contribution in [-0.4, -0.2) is 91.5 Å². The van der Waals surface area contributed by atoms with E-state index in [4.69, 9.17) is 4.74 Å². The number of fused-ring (bicyclic) bond motifs is 1. The number of ether oxygens (including phenoxy) is 1. The van der Waals surface area contributed by atoms with Crippen molar-refractivity contribution in [3.8, 4) is 0 Å². The molecule has 3 atom stereocenters. The average Bonchev–Trinajstić information content (AvgIpc) is 3.41. The van der Waals surface area contributed by atoms with Gasteiger partial charge in [0.15, 0.2) is 5.78 Å². The van der Waals surface area contributed by atoms with Crippen LogP contribution in [0.3, 0.4) is 0 Å². The molecule has 0 aliphatic carbocycles. The molecule has 3 aliphatic rings. The highest BCUT2D eigenvalue weighted by Gasteiger charge is 2.48. The van der Waals surface area contributed by atoms with Gasteiger partial charge in [-0.1, -0.05) is 28.2 Å². The van der Waals surface area contributed by atoms with Crippen molar-refractivity contribution in [1.29, 1.82) is 0 Å². The molecule has 0 radical (unpaired) electrons. The minimum atomic E-state index is -0.661. The lowest BCUT2D eigenvalue weighted by atomic mass is 10.0. The number of likely N-dealkylation sites (N-methyl/N-ethyl adjacent to an activating group) is 1. The maximum atomic E-state index is 13.3. The van der Waals surface area contributed by atoms with Crippen LogP contribution in [0.25, 0.3) is 0 Å². The minimum Gasteiger partial charge on any atom is -0.369 e. The molecule has 0 saturated carbocycles. The quantitative estimate of drug-likeness (QED) is 0.572. The van der Waals surface area contributed by atoms with Crippen LogP contribution in [0.4, 0.5) is 5.69 Å². The van der Waals surface area contributed by atoms with Gasteiger partial charge >= 0.3 is 0 Å². The second kappa shape index (κ2) is 14.3. The van der Waals surface area contributed by atoms with E-state index in [2.05, 4.69) is 22.0 Å². The number of piperazine rings is 1. The second-order valence-corrected chi connectivity index (χ2v) is 9.70. The number of carbonyl (C=O) groups excluding carboxylic acids is 3. The number of likely N-dealkylation sites (tertiary alicyclic amines) is 1. The highest BCUT2D eigenvalue weighted by atomic mass is 32.1. The van der Waals surface area contributed by atoms with Crippen LogP contribution in [0.5, 0.6) is 0 Å². The third kappa shape index (κ3) is 7.18. The van der Waals surface area contributed by atoms with Crippen molar-refractivity contribution < 1.29 is 19.1 Å². The van der Waals surface area contributed by atoms with Gasteiger partial charge in [-0.05, 0) is 49.6 Å². The molecule has 3 saturated heterocycles. The van der Waals surface area contributed by atoms with Crippen molar-refractivity contribution in [1.82, 2.24) is 15.1 Å². The molecular formula is C26H44N4O4S2. The molecular weight excluding hydrogens is 496 g/mol. The number of hydrogen-bond donors (Lipinski definition) is 1. The number of anilines is 1. The fourth-order valence-corrected chi connectivity index (χ4v) is 5.12. The molecule has 36 heavy (non-hydrogen) atoms. The molecule has 1 aromatic carbocycles. The summed E-state index contributed by atoms with van der Waals surface area (Å²) >= 11 is 0. The lowest BCUT2D eigenvalue weighted by Crippen LogP contribution is -2.52. The summed E-state index contributed by atoms with van der Waals surface area (Å²) in [5.41, 5.74) is 1.65. The van der Waals surface area contributed by atoms with Crippen molar-refractivity contribution in [3.05, 3.63) is 29.8 Å². The molecule has 3 fully saturated rings. The Hall–Kier alpha value is -1.75. The van der Waals surface area contributed by atoms with Gasteiger partial charge in [0, 0.05) is 44.0 Å². The predicted octanol–water partition coefficient (Wildman–Crippen LogP) is 2.40. The Labute approximate surface area is 230 Å². The molecule has 3 heterocycles. The summed E-state index contributed by atoms with van der Waals surface area (Å²) in [6.45, 7) is 11.9. The molecule has 1 aromatic rings. The maximum absolute atomic E-state index is 13.3. The van der Waals surface area contributed by atoms with Crippen LogP contribution in [0.15, 0.2) is 24.3 Å². The van der Waals surface area contributed by atoms with Gasteiger partial charge in [-0.15, -0.1) is 0 Å². The van der Waals surface area contributed by atoms with E-state index in [1.54, 1.807) is 4.90 Å². The standard InChI is InChI=1S/C25H36N4O4.CH4.2H2S/c1-4-27-11-13-28(14-12-27)19-7-5-18(6-8-19)24(31)26-20(15-17(2)3)25(32)29-10-9-22-23(29)21(30)16-33-22;;;/h5-8,17,20,22-23H,4,9-16H2,1-3H3,(H,26,31);1H4;2*1H2/t20-,22+,23+;;;/m0.../s1. The van der Waals surface area contributed by atoms with Gasteiger partial charge in [-0.2, -0.15) is 27.0 Å². The van der Waals surface area contributed by atoms with Crippen LogP contribution in [0, 0.1) is 5.92 Å². The predicted molar refractivity (Wildman–Crippen MR) is 154 cm³/mol. The molecule has 3 aliphatic heterocycles. The molecule has 1 N–H and O–H groups in total. The first kappa shape index (κ1) is 32.3. The van der Waals surface area contributed by atoms with E-state index >= 15 is 0 Å². The summed E-state index contributed by atoms with van der Waals surface area (Å²) in [5, 5.41) is 2.95. The monoisotopic (exact) mass is 540 g/mol. The SMILES string of the molecule is C.CCN1CCN(c2ccc(C(=O)N[C@@H](CC(C)C)C(=O)N3CC[C@H]4OCC(=O)[C@H]43)cc2)CC1.S.S. The van der Waals surface area contributed by atoms with Gasteiger partial charge in [0.2, 0.25) is 5.91 Å². The molecule has 4 rings (SSSR count). The molecule has 0 aromatic heterocycles. The van der Waals surface area contributed by atoms with E-state index in [9.17, 15) is 14.4 Å². The number of hydrogen-bond acceptors (Lipinski definition) is 6. The van der Waals surface area contributed by atoms with Gasteiger partial charge < -0.3 is 24.8 Å². The van der Waals surface area contributed by atoms with E-state index in [1.807, 2.05) is 38.1 Å². The summed E-state index contributed by atoms with van der Waals surface area (Å²) < 4.78 is 5.52. The molecule has 0 spiro atoms. The third-order valence-electron chi connectivity index (χ3n) is 7.02. The first-order chi connectivity index (χ1) is 15.9. The van der Waals surface area contributed by atoms with Crippen LogP contribution in [0.1, 0.15) is 51.4 Å². The van der Waals surface area contributed by atoms with Gasteiger partial charge in [-0.3, -0.25) is 14.4 Å². The highest BCUT2D eigenvalue weighted by Crippen LogP contribution is 2.28. The van der Waals surface area contributed by atoms with Gasteiger partial charge in [0.1, 0.15) is 18.7 Å². The normalized spacial score (nSPS) is 22.3. The summed E-state index contributed by atoms with van der Waals surface area (Å²) in [6, 6.07) is 6.45. The summed E-state index contributed by atoms with van der Waals surface area (Å²) in [4.78, 5) is 45.0. The minimum absolute atomic E-state index is 0. The number of Topliss-reactive ketones (excluding diaryl/α,β-unsaturated/α-hetero) is 1. The number of carbonyl (C=O) groups is 3. The number of nitrogens with one attached hydrogen (secondary N) is 1. The molecule has 0 bridgehead atoms. The molecule has 2 amide bonds. The van der Waals surface area contributed by atoms with Crippen LogP contribution in [0.2, 0.25) is 0 Å². The number of nitrogens with zero attached hydrogens (tertiary/aromatic N) is 3. The Kier molecular flexibility index (Phi) is 12.8. The Morgan fingerprint density at radius 3 is 2.28 bits per heavy atom.